The highest BCUT2D eigenvalue weighted by Crippen LogP contribution is 2.54. The molecule has 25 rings (SSSR count). The normalized spacial score (nSPS) is 13.9. The van der Waals surface area contributed by atoms with Crippen LogP contribution in [-0.4, -0.2) is 0 Å². The lowest BCUT2D eigenvalue weighted by Gasteiger charge is -2.31. The van der Waals surface area contributed by atoms with Crippen molar-refractivity contribution in [2.45, 2.75) is 103 Å². The van der Waals surface area contributed by atoms with Gasteiger partial charge in [0.2, 0.25) is 0 Å². The molecule has 562 valence electrons. The molecule has 21 aromatic rings. The van der Waals surface area contributed by atoms with Gasteiger partial charge < -0.3 is 0 Å². The van der Waals surface area contributed by atoms with Gasteiger partial charge in [0.25, 0.3) is 0 Å². The van der Waals surface area contributed by atoms with Crippen molar-refractivity contribution in [3.05, 3.63) is 396 Å². The molecule has 0 heteroatoms. The highest BCUT2D eigenvalue weighted by atomic mass is 14.3. The van der Waals surface area contributed by atoms with Crippen molar-refractivity contribution in [1.29, 1.82) is 0 Å². The Morgan fingerprint density at radius 2 is 0.364 bits per heavy atom. The predicted octanol–water partition coefficient (Wildman–Crippen LogP) is 32.4. The molecule has 0 saturated carbocycles. The van der Waals surface area contributed by atoms with Gasteiger partial charge in [0, 0.05) is 0 Å². The van der Waals surface area contributed by atoms with Crippen LogP contribution in [0.15, 0.2) is 352 Å². The van der Waals surface area contributed by atoms with E-state index in [1.165, 1.54) is 310 Å². The summed E-state index contributed by atoms with van der Waals surface area (Å²) in [5.74, 6) is 0. The van der Waals surface area contributed by atoms with Crippen LogP contribution in [0.5, 0.6) is 0 Å². The molecule has 0 saturated heterocycles. The lowest BCUT2D eigenvalue weighted by molar-refractivity contribution is 0.647. The number of rotatable bonds is 6. The Balaban J connectivity index is 0.000000104. The van der Waals surface area contributed by atoms with E-state index >= 15 is 0 Å². The highest BCUT2D eigenvalue weighted by molar-refractivity contribution is 6.28. The molecule has 0 heterocycles. The molecule has 21 aromatic carbocycles. The van der Waals surface area contributed by atoms with Gasteiger partial charge in [-0.2, -0.15) is 0 Å². The zero-order valence-corrected chi connectivity index (χ0v) is 66.8. The molecule has 0 spiro atoms. The first-order chi connectivity index (χ1) is 58.5. The minimum atomic E-state index is 1.18. The Bertz CT molecular complexity index is 7230. The van der Waals surface area contributed by atoms with E-state index < -0.39 is 0 Å². The predicted molar refractivity (Wildman–Crippen MR) is 509 cm³/mol. The van der Waals surface area contributed by atoms with Gasteiger partial charge in [-0.15, -0.1) is 0 Å². The van der Waals surface area contributed by atoms with Gasteiger partial charge in [-0.3, -0.25) is 0 Å². The van der Waals surface area contributed by atoms with Gasteiger partial charge in [0.05, 0.1) is 0 Å². The van der Waals surface area contributed by atoms with E-state index in [0.29, 0.717) is 0 Å². The summed E-state index contributed by atoms with van der Waals surface area (Å²) in [7, 11) is 0. The van der Waals surface area contributed by atoms with Crippen LogP contribution in [0.3, 0.4) is 0 Å². The fourth-order valence-corrected chi connectivity index (χ4v) is 22.0. The Hall–Kier alpha value is -13.3. The van der Waals surface area contributed by atoms with Crippen LogP contribution in [0, 0.1) is 0 Å². The van der Waals surface area contributed by atoms with Crippen molar-refractivity contribution >= 4 is 129 Å². The minimum absolute atomic E-state index is 1.18. The summed E-state index contributed by atoms with van der Waals surface area (Å²) in [5.41, 5.74) is 29.1. The van der Waals surface area contributed by atoms with Gasteiger partial charge >= 0.3 is 0 Å². The molecular weight excluding hydrogens is 1420 g/mol. The van der Waals surface area contributed by atoms with E-state index in [4.69, 9.17) is 0 Å². The first-order valence-electron chi connectivity index (χ1n) is 43.5. The summed E-state index contributed by atoms with van der Waals surface area (Å²) in [4.78, 5) is 0. The van der Waals surface area contributed by atoms with Crippen LogP contribution in [0.4, 0.5) is 0 Å². The minimum Gasteiger partial charge on any atom is -0.0616 e. The summed E-state index contributed by atoms with van der Waals surface area (Å²) in [6.07, 6.45) is 19.9. The van der Waals surface area contributed by atoms with E-state index in [2.05, 4.69) is 352 Å². The van der Waals surface area contributed by atoms with Gasteiger partial charge in [0.1, 0.15) is 0 Å². The third-order valence-electron chi connectivity index (χ3n) is 27.4. The van der Waals surface area contributed by atoms with Gasteiger partial charge in [-0.25, -0.2) is 0 Å². The molecule has 0 aliphatic heterocycles. The first kappa shape index (κ1) is 70.2. The maximum absolute atomic E-state index is 2.54. The monoisotopic (exact) mass is 1510 g/mol. The smallest absolute Gasteiger partial charge is 0.00200 e. The quantitative estimate of drug-likeness (QED) is 0.146. The maximum atomic E-state index is 2.54. The molecule has 0 amide bonds. The van der Waals surface area contributed by atoms with Gasteiger partial charge in [0.15, 0.2) is 0 Å². The lowest BCUT2D eigenvalue weighted by atomic mass is 9.72. The molecule has 0 bridgehead atoms. The second-order valence-corrected chi connectivity index (χ2v) is 34.0. The van der Waals surface area contributed by atoms with Gasteiger partial charge in [-0.05, 0) is 368 Å². The lowest BCUT2D eigenvalue weighted by Crippen LogP contribution is -2.15. The molecule has 4 aliphatic carbocycles. The highest BCUT2D eigenvalue weighted by Gasteiger charge is 2.31. The average molecular weight is 1510 g/mol. The van der Waals surface area contributed by atoms with Crippen LogP contribution < -0.4 is 0 Å². The van der Waals surface area contributed by atoms with Crippen LogP contribution >= 0.6 is 0 Å². The topological polar surface area (TPSA) is 0 Å². The Morgan fingerprint density at radius 3 is 0.686 bits per heavy atom. The largest absolute Gasteiger partial charge is 0.0616 e. The van der Waals surface area contributed by atoms with Crippen LogP contribution in [0.1, 0.15) is 95.9 Å². The average Bonchev–Trinajstić information content (AvgIpc) is 0.716. The third kappa shape index (κ3) is 12.0. The second kappa shape index (κ2) is 29.5. The van der Waals surface area contributed by atoms with Crippen LogP contribution in [0.2, 0.25) is 0 Å². The molecular formula is C118H90. The van der Waals surface area contributed by atoms with Crippen LogP contribution in [-0.2, 0) is 51.4 Å². The van der Waals surface area contributed by atoms with E-state index in [1.54, 1.807) is 33.0 Å². The summed E-state index contributed by atoms with van der Waals surface area (Å²) in [6, 6.07) is 132. The van der Waals surface area contributed by atoms with Crippen LogP contribution in [0.25, 0.3) is 196 Å². The molecule has 118 heavy (non-hydrogen) atoms. The molecule has 4 aliphatic rings. The molecule has 0 atom stereocenters. The number of aryl methyl sites for hydroxylation is 6. The molecule has 0 unspecified atom stereocenters. The number of fused-ring (bicyclic) bond motifs is 19. The van der Waals surface area contributed by atoms with Crippen molar-refractivity contribution in [1.82, 2.24) is 0 Å². The zero-order chi connectivity index (χ0) is 77.7. The van der Waals surface area contributed by atoms with Gasteiger partial charge in [-0.1, -0.05) is 328 Å². The summed E-state index contributed by atoms with van der Waals surface area (Å²) in [6.45, 7) is 0. The first-order valence-corrected chi connectivity index (χ1v) is 43.5. The van der Waals surface area contributed by atoms with Crippen molar-refractivity contribution < 1.29 is 0 Å². The van der Waals surface area contributed by atoms with Crippen molar-refractivity contribution in [2.24, 2.45) is 0 Å². The number of hydrogen-bond acceptors (Lipinski definition) is 0. The molecule has 0 N–H and O–H groups in total. The van der Waals surface area contributed by atoms with Crippen molar-refractivity contribution in [3.63, 3.8) is 0 Å². The Kier molecular flexibility index (Phi) is 17.5. The SMILES string of the molecule is c1ccc2c(-c3c4ccccc4c(-c4cccc5ccccc45)c4cc5c(cc34)CCCC5)cccc2c1.c1ccc2cc(-c3c4ccccc4c(-c4ccc5ccccc5c4)c4c5c(c6c(c34)CCCC6)CCCC5)ccc2c1.c1ccc2cc(-c3c4ccccc4c(-c4ccc5ccccc5c4)c4cc5c(cc34)CCCC5)ccc2c1. The second-order valence-electron chi connectivity index (χ2n) is 34.0. The third-order valence-corrected chi connectivity index (χ3v) is 27.4. The zero-order valence-electron chi connectivity index (χ0n) is 66.8. The van der Waals surface area contributed by atoms with Crippen molar-refractivity contribution in [3.8, 4) is 66.8 Å². The summed E-state index contributed by atoms with van der Waals surface area (Å²) < 4.78 is 0. The van der Waals surface area contributed by atoms with E-state index in [-0.39, 0.29) is 0 Å². The maximum Gasteiger partial charge on any atom is -0.00200 e. The number of hydrogen-bond donors (Lipinski definition) is 0. The number of benzene rings is 21. The fourth-order valence-electron chi connectivity index (χ4n) is 22.0. The molecule has 0 aromatic heterocycles. The van der Waals surface area contributed by atoms with E-state index in [0.717, 1.165) is 0 Å². The van der Waals surface area contributed by atoms with Crippen molar-refractivity contribution in [2.75, 3.05) is 0 Å². The van der Waals surface area contributed by atoms with E-state index in [1.807, 2.05) is 0 Å². The molecule has 0 nitrogen and oxygen atoms in total. The Labute approximate surface area is 690 Å². The fraction of sp³-hybridized carbons (Fsp3) is 0.136. The summed E-state index contributed by atoms with van der Waals surface area (Å²) >= 11 is 0. The standard InChI is InChI=1S/C42H34.2C38H28/c1-3-13-29-25-31(23-21-27(29)11-1)39-37-19-9-10-20-38(37)40(32-24-22-28-12-2-4-14-30(28)26-32)42-36-18-8-6-16-34(36)33-15-5-7-17-35(33)41(39)42;1-3-11-27-21-31(19-17-25(27)9-1)37-33-15-7-8-16-34(33)38(32-20-18-26-10-2-4-12-28(26)22-32)36-24-30-14-6-5-13-29(30)23-35(36)37;1-2-14-28-24-36-35(23-27(28)13-1)37(31-21-9-15-25-11-3-5-17-29(25)31)33-19-7-8-20-34(33)38(36)32-22-10-16-26-12-4-6-18-30(26)32/h1-4,9-14,19-26H,5-8,15-18H2;1-4,7-12,15-24H,5-6,13-14H2;3-12,15-24H,1-2,13-14H2. The van der Waals surface area contributed by atoms with E-state index in [9.17, 15) is 0 Å². The molecule has 0 fully saturated rings. The molecule has 0 radical (unpaired) electrons. The Morgan fingerprint density at radius 1 is 0.136 bits per heavy atom. The summed E-state index contributed by atoms with van der Waals surface area (Å²) in [5, 5.41) is 32.3.